The van der Waals surface area contributed by atoms with E-state index in [1.807, 2.05) is 19.6 Å². The van der Waals surface area contributed by atoms with Gasteiger partial charge in [0.1, 0.15) is 29.3 Å². The van der Waals surface area contributed by atoms with E-state index < -0.39 is 256 Å². The maximum absolute atomic E-state index is 6.58. The summed E-state index contributed by atoms with van der Waals surface area (Å²) in [5.41, 5.74) is 0. The van der Waals surface area contributed by atoms with E-state index in [2.05, 4.69) is 72.4 Å². The van der Waals surface area contributed by atoms with Crippen LogP contribution in [0.1, 0.15) is 6.92 Å². The smallest absolute Gasteiger partial charge is 0.446 e. The summed E-state index contributed by atoms with van der Waals surface area (Å²) in [5, 5.41) is 0. The van der Waals surface area contributed by atoms with Crippen molar-refractivity contribution in [3.8, 4) is 0 Å². The molecule has 11 unspecified atom stereocenters. The molecule has 4 fully saturated rings. The van der Waals surface area contributed by atoms with Crippen molar-refractivity contribution in [3.05, 3.63) is 0 Å². The van der Waals surface area contributed by atoms with Gasteiger partial charge in [0.25, 0.3) is 163 Å². The fraction of sp³-hybridized carbons (Fsp3) is 1.00. The number of hydrogen-bond acceptors (Lipinski definition) is 26. The monoisotopic (exact) mass is 1560 g/mol. The van der Waals surface area contributed by atoms with Gasteiger partial charge in [0.2, 0.25) is 0 Å². The Kier molecular flexibility index (Phi) is 41.2. The van der Waals surface area contributed by atoms with Gasteiger partial charge in [0.15, 0.2) is 17.4 Å². The van der Waals surface area contributed by atoms with Crippen LogP contribution in [0.4, 0.5) is 0 Å². The normalized spacial score (nSPS) is 35.9. The first-order valence-corrected chi connectivity index (χ1v) is 75.2. The first kappa shape index (κ1) is 74.3. The molecule has 4 aliphatic heterocycles. The average Bonchev–Trinajstić information content (AvgIpc) is 3.30. The fourth-order valence-corrected chi connectivity index (χ4v) is 86.6. The molecule has 4 rings (SSSR count). The molecule has 0 N–H and O–H groups in total. The van der Waals surface area contributed by atoms with Gasteiger partial charge in [-0.2, -0.15) is 0 Å². The third kappa shape index (κ3) is 35.6. The molecule has 4 saturated heterocycles. The van der Waals surface area contributed by atoms with E-state index in [0.29, 0.717) is 0 Å². The van der Waals surface area contributed by atoms with E-state index in [1.165, 1.54) is 0 Å². The van der Waals surface area contributed by atoms with Gasteiger partial charge in [-0.15, -0.1) is 0 Å². The summed E-state index contributed by atoms with van der Waals surface area (Å²) in [6.07, 6.45) is 0.192. The number of rotatable bonds is 34. The first-order valence-electron chi connectivity index (χ1n) is 27.2. The highest BCUT2D eigenvalue weighted by Crippen LogP contribution is 2.21. The lowest BCUT2D eigenvalue weighted by molar-refractivity contribution is 0.140. The molecule has 456 valence electrons. The minimum Gasteiger partial charge on any atom is -0.446 e. The molecule has 0 saturated carbocycles. The van der Waals surface area contributed by atoms with Crippen LogP contribution in [0.5, 0.6) is 0 Å². The molecule has 0 spiro atoms. The largest absolute Gasteiger partial charge is 0.641 e. The highest BCUT2D eigenvalue weighted by atomic mass is 28.5. The van der Waals surface area contributed by atoms with Crippen LogP contribution in [0, 0.1) is 0 Å². The molecule has 53 heteroatoms. The third-order valence-corrected chi connectivity index (χ3v) is 85.2. The van der Waals surface area contributed by atoms with Gasteiger partial charge in [0.05, 0.1) is 0 Å². The Balaban J connectivity index is 1.32. The zero-order chi connectivity index (χ0) is 56.1. The molecule has 0 aliphatic carbocycles. The second-order valence-electron chi connectivity index (χ2n) is 19.4. The predicted molar refractivity (Wildman–Crippen MR) is 361 cm³/mol. The lowest BCUT2D eigenvalue weighted by Gasteiger charge is -2.32. The van der Waals surface area contributed by atoms with Crippen molar-refractivity contribution >= 4 is 256 Å². The molecule has 11 atom stereocenters. The maximum atomic E-state index is 6.58. The molecular weight excluding hydrogens is 1460 g/mol. The van der Waals surface area contributed by atoms with Crippen LogP contribution >= 0.6 is 0 Å². The van der Waals surface area contributed by atoms with Crippen molar-refractivity contribution in [1.82, 2.24) is 0 Å². The van der Waals surface area contributed by atoms with Crippen LogP contribution in [-0.4, -0.2) is 262 Å². The Morgan fingerprint density at radius 2 is 0.662 bits per heavy atom. The van der Waals surface area contributed by atoms with Gasteiger partial charge in [-0.3, -0.25) is 0 Å². The fourth-order valence-electron chi connectivity index (χ4n) is 8.17. The Labute approximate surface area is 511 Å². The summed E-state index contributed by atoms with van der Waals surface area (Å²) >= 11 is 0. The van der Waals surface area contributed by atoms with Crippen molar-refractivity contribution in [2.45, 2.75) is 153 Å². The summed E-state index contributed by atoms with van der Waals surface area (Å²) in [5.74, 6) is 0. The second kappa shape index (κ2) is 42.7. The minimum atomic E-state index is -3.81. The van der Waals surface area contributed by atoms with Gasteiger partial charge >= 0.3 is 46.2 Å². The van der Waals surface area contributed by atoms with Crippen LogP contribution in [0.25, 0.3) is 0 Å². The standard InChI is InChI=1S/C24H96O26Si27/c1-24-23-61(2)37-62(3)44-72(25-24)18-15-51-26-54-29-58-34-77(33-56-28-53-17-20-74-47-68(9)40-64(5)41-69(10)48-74,35-59-30-55-27-52-16-19-73-45-66(7)38-63(4)39-67(8)46-73)36-60-31-57-32-76(13,14)22-21-75-49-70(11)42-65(6)43-71(12)50-75/h24,61-75H,15-23,51-60H2,1-14H3. The molecule has 4 heterocycles. The predicted octanol–water partition coefficient (Wildman–Crippen LogP) is -9.26. The highest BCUT2D eigenvalue weighted by molar-refractivity contribution is 6.79. The first-order chi connectivity index (χ1) is 36.7. The molecule has 4 aliphatic rings. The van der Waals surface area contributed by atoms with Crippen LogP contribution < -0.4 is 0 Å². The van der Waals surface area contributed by atoms with Gasteiger partial charge in [-0.05, 0) is 146 Å². The average molecular weight is 1560 g/mol. The minimum absolute atomic E-state index is 0.192. The van der Waals surface area contributed by atoms with Crippen molar-refractivity contribution in [2.75, 3.05) is 0 Å². The third-order valence-electron chi connectivity index (χ3n) is 11.5. The quantitative estimate of drug-likeness (QED) is 0.0430. The SMILES string of the molecule is CC1C[SiH](C)O[SiH](C)O[SiH](CC[SiH2]O[SiH2]O[SiH2]O[Si](O[SiH2]O[SiH2]CC[SiH]2O[SiH](C)O[SiH](C)O[SiH](C)O2)(O[SiH2]O[SiH2]O[SiH2]CC[SiH]2O[SiH](C)O[SiH](C)O[SiH](C)O2)O[SiH2]O[SiH2]O[Si](C)(C)CC[SiH]2O[SiH](C)O[SiH](C)O[SiH](C)O2)O1. The maximum Gasteiger partial charge on any atom is 0.641 e. The van der Waals surface area contributed by atoms with E-state index in [1.54, 1.807) is 0 Å². The van der Waals surface area contributed by atoms with Crippen molar-refractivity contribution in [1.29, 1.82) is 0 Å². The molecular formula is C24H96O26Si27. The van der Waals surface area contributed by atoms with E-state index in [-0.39, 0.29) is 6.10 Å². The molecule has 0 aromatic heterocycles. The summed E-state index contributed by atoms with van der Waals surface area (Å²) in [4.78, 5) is 0. The Morgan fingerprint density at radius 1 is 0.364 bits per heavy atom. The van der Waals surface area contributed by atoms with E-state index in [4.69, 9.17) is 107 Å². The topological polar surface area (TPSA) is 240 Å². The molecule has 0 amide bonds. The molecule has 0 aromatic carbocycles. The lowest BCUT2D eigenvalue weighted by Crippen LogP contribution is -2.54. The molecule has 0 radical (unpaired) electrons. The van der Waals surface area contributed by atoms with Gasteiger partial charge in [-0.25, -0.2) is 0 Å². The van der Waals surface area contributed by atoms with Gasteiger partial charge in [0, 0.05) is 6.10 Å². The van der Waals surface area contributed by atoms with Crippen molar-refractivity contribution in [2.24, 2.45) is 0 Å². The zero-order valence-electron chi connectivity index (χ0n) is 48.3. The van der Waals surface area contributed by atoms with E-state index >= 15 is 0 Å². The van der Waals surface area contributed by atoms with Crippen LogP contribution in [0.3, 0.4) is 0 Å². The molecule has 77 heavy (non-hydrogen) atoms. The van der Waals surface area contributed by atoms with Crippen molar-refractivity contribution < 1.29 is 107 Å². The Morgan fingerprint density at radius 3 is 1.08 bits per heavy atom. The highest BCUT2D eigenvalue weighted by Gasteiger charge is 2.45. The van der Waals surface area contributed by atoms with Crippen LogP contribution in [0.15, 0.2) is 0 Å². The Hall–Kier alpha value is 4.82. The number of hydrogen-bond donors (Lipinski definition) is 0. The van der Waals surface area contributed by atoms with Gasteiger partial charge < -0.3 is 107 Å². The van der Waals surface area contributed by atoms with E-state index in [9.17, 15) is 0 Å². The van der Waals surface area contributed by atoms with E-state index in [0.717, 1.165) is 54.4 Å². The summed E-state index contributed by atoms with van der Waals surface area (Å²) in [6.45, 7) is 29.4. The summed E-state index contributed by atoms with van der Waals surface area (Å²) in [6, 6.07) is 8.25. The summed E-state index contributed by atoms with van der Waals surface area (Å²) < 4.78 is 164. The van der Waals surface area contributed by atoms with Gasteiger partial charge in [-0.1, -0.05) is 0 Å². The molecule has 26 nitrogen and oxygen atoms in total. The van der Waals surface area contributed by atoms with Crippen LogP contribution in [-0.2, 0) is 107 Å². The van der Waals surface area contributed by atoms with Crippen molar-refractivity contribution in [3.63, 3.8) is 0 Å². The van der Waals surface area contributed by atoms with Crippen LogP contribution in [0.2, 0.25) is 140 Å². The summed E-state index contributed by atoms with van der Waals surface area (Å²) in [7, 11) is -45.1. The Bertz CT molecular complexity index is 1420. The second-order valence-corrected chi connectivity index (χ2v) is 79.7. The zero-order valence-corrected chi connectivity index (χ0v) is 81.7. The molecule has 0 aromatic rings. The lowest BCUT2D eigenvalue weighted by atomic mass is 10.5. The molecule has 0 bridgehead atoms.